The molecule has 2 heterocycles. The molecular formula is C23H19ClN2O2. The molecule has 4 nitrogen and oxygen atoms in total. The maximum absolute atomic E-state index is 13.3. The molecule has 3 aromatic rings. The van der Waals surface area contributed by atoms with E-state index in [9.17, 15) is 4.79 Å². The molecule has 1 aromatic heterocycles. The molecule has 0 bridgehead atoms. The Morgan fingerprint density at radius 2 is 1.79 bits per heavy atom. The van der Waals surface area contributed by atoms with Crippen LogP contribution in [0.2, 0.25) is 5.02 Å². The lowest BCUT2D eigenvalue weighted by Gasteiger charge is -2.34. The third-order valence-electron chi connectivity index (χ3n) is 5.73. The maximum atomic E-state index is 13.3. The molecule has 0 radical (unpaired) electrons. The number of fused-ring (bicyclic) bond motifs is 1. The first-order chi connectivity index (χ1) is 13.6. The van der Waals surface area contributed by atoms with E-state index in [1.807, 2.05) is 49.4 Å². The molecule has 0 saturated carbocycles. The van der Waals surface area contributed by atoms with Crippen molar-refractivity contribution in [3.8, 4) is 0 Å². The van der Waals surface area contributed by atoms with E-state index in [0.29, 0.717) is 17.3 Å². The lowest BCUT2D eigenvalue weighted by molar-refractivity contribution is -0.116. The van der Waals surface area contributed by atoms with Gasteiger partial charge in [-0.1, -0.05) is 59.2 Å². The van der Waals surface area contributed by atoms with Gasteiger partial charge in [-0.15, -0.1) is 0 Å². The number of ketones is 1. The fourth-order valence-electron chi connectivity index (χ4n) is 4.42. The first-order valence-corrected chi connectivity index (χ1v) is 9.79. The van der Waals surface area contributed by atoms with E-state index in [1.54, 1.807) is 0 Å². The number of anilines is 1. The van der Waals surface area contributed by atoms with Crippen LogP contribution < -0.4 is 5.32 Å². The molecule has 5 rings (SSSR count). The highest BCUT2D eigenvalue weighted by Crippen LogP contribution is 2.48. The molecule has 1 aliphatic heterocycles. The summed E-state index contributed by atoms with van der Waals surface area (Å²) in [6.45, 7) is 1.93. The number of allylic oxidation sites excluding steroid dienone is 2. The highest BCUT2D eigenvalue weighted by Gasteiger charge is 2.40. The van der Waals surface area contributed by atoms with Gasteiger partial charge in [-0.25, -0.2) is 0 Å². The number of hydrogen-bond acceptors (Lipinski definition) is 4. The Labute approximate surface area is 168 Å². The number of carbonyl (C=O) groups is 1. The first kappa shape index (κ1) is 17.3. The first-order valence-electron chi connectivity index (χ1n) is 9.41. The second-order valence-electron chi connectivity index (χ2n) is 7.45. The van der Waals surface area contributed by atoms with Crippen LogP contribution in [0.3, 0.4) is 0 Å². The summed E-state index contributed by atoms with van der Waals surface area (Å²) in [5.74, 6) is 0.804. The minimum absolute atomic E-state index is 0.123. The molecule has 0 fully saturated rings. The number of nitrogens with one attached hydrogen (secondary N) is 1. The molecule has 2 atom stereocenters. The number of rotatable bonds is 2. The van der Waals surface area contributed by atoms with Crippen molar-refractivity contribution in [3.05, 3.63) is 93.3 Å². The Bertz CT molecular complexity index is 1080. The zero-order chi connectivity index (χ0) is 19.3. The molecule has 2 aromatic carbocycles. The van der Waals surface area contributed by atoms with Crippen molar-refractivity contribution in [1.82, 2.24) is 5.16 Å². The summed E-state index contributed by atoms with van der Waals surface area (Å²) in [5, 5.41) is 8.22. The summed E-state index contributed by atoms with van der Waals surface area (Å²) in [4.78, 5) is 13.3. The Kier molecular flexibility index (Phi) is 4.09. The van der Waals surface area contributed by atoms with Gasteiger partial charge in [0.25, 0.3) is 0 Å². The lowest BCUT2D eigenvalue weighted by atomic mass is 9.72. The Morgan fingerprint density at radius 3 is 2.54 bits per heavy atom. The minimum Gasteiger partial charge on any atom is -0.338 e. The third kappa shape index (κ3) is 2.76. The van der Waals surface area contributed by atoms with E-state index in [0.717, 1.165) is 40.1 Å². The molecule has 140 valence electrons. The van der Waals surface area contributed by atoms with Gasteiger partial charge >= 0.3 is 0 Å². The van der Waals surface area contributed by atoms with Gasteiger partial charge in [0.15, 0.2) is 5.78 Å². The van der Waals surface area contributed by atoms with Crippen molar-refractivity contribution in [2.24, 2.45) is 0 Å². The second kappa shape index (κ2) is 6.64. The molecule has 0 spiro atoms. The van der Waals surface area contributed by atoms with Crippen LogP contribution in [0.5, 0.6) is 0 Å². The second-order valence-corrected chi connectivity index (χ2v) is 7.89. The number of Topliss-reactive ketones (excluding diaryl/α,β-unsaturated/α-hetero) is 1. The predicted octanol–water partition coefficient (Wildman–Crippen LogP) is 5.59. The molecule has 28 heavy (non-hydrogen) atoms. The number of nitrogens with zero attached hydrogens (tertiary/aromatic N) is 1. The zero-order valence-corrected chi connectivity index (χ0v) is 16.2. The highest BCUT2D eigenvalue weighted by atomic mass is 35.5. The maximum Gasteiger partial charge on any atom is 0.233 e. The molecule has 1 aliphatic carbocycles. The van der Waals surface area contributed by atoms with Crippen LogP contribution in [-0.4, -0.2) is 10.9 Å². The number of aromatic nitrogens is 1. The lowest BCUT2D eigenvalue weighted by Crippen LogP contribution is -2.29. The van der Waals surface area contributed by atoms with Gasteiger partial charge in [0, 0.05) is 28.6 Å². The van der Waals surface area contributed by atoms with E-state index in [4.69, 9.17) is 16.1 Å². The van der Waals surface area contributed by atoms with Crippen molar-refractivity contribution in [2.75, 3.05) is 5.32 Å². The fourth-order valence-corrected chi connectivity index (χ4v) is 4.55. The topological polar surface area (TPSA) is 55.1 Å². The van der Waals surface area contributed by atoms with Gasteiger partial charge in [-0.3, -0.25) is 4.79 Å². The van der Waals surface area contributed by atoms with E-state index >= 15 is 0 Å². The summed E-state index contributed by atoms with van der Waals surface area (Å²) >= 11 is 6.03. The van der Waals surface area contributed by atoms with Crippen LogP contribution in [0.4, 0.5) is 5.88 Å². The fraction of sp³-hybridized carbons (Fsp3) is 0.217. The number of carbonyl (C=O) groups excluding carboxylic acids is 1. The van der Waals surface area contributed by atoms with Gasteiger partial charge in [0.05, 0.1) is 11.3 Å². The number of benzene rings is 2. The van der Waals surface area contributed by atoms with E-state index < -0.39 is 0 Å². The highest BCUT2D eigenvalue weighted by molar-refractivity contribution is 6.30. The molecule has 1 N–H and O–H groups in total. The quantitative estimate of drug-likeness (QED) is 0.619. The van der Waals surface area contributed by atoms with Gasteiger partial charge < -0.3 is 9.84 Å². The van der Waals surface area contributed by atoms with Crippen molar-refractivity contribution < 1.29 is 9.32 Å². The van der Waals surface area contributed by atoms with Crippen molar-refractivity contribution in [1.29, 1.82) is 0 Å². The molecular weight excluding hydrogens is 372 g/mol. The van der Waals surface area contributed by atoms with E-state index in [-0.39, 0.29) is 17.6 Å². The summed E-state index contributed by atoms with van der Waals surface area (Å²) < 4.78 is 5.56. The van der Waals surface area contributed by atoms with E-state index in [2.05, 4.69) is 22.6 Å². The summed E-state index contributed by atoms with van der Waals surface area (Å²) in [7, 11) is 0. The molecule has 5 heteroatoms. The monoisotopic (exact) mass is 390 g/mol. The number of hydrogen-bond donors (Lipinski definition) is 1. The summed E-state index contributed by atoms with van der Waals surface area (Å²) in [5.41, 5.74) is 5.77. The Hall–Kier alpha value is -2.85. The minimum atomic E-state index is -0.141. The van der Waals surface area contributed by atoms with Crippen molar-refractivity contribution in [2.45, 2.75) is 31.6 Å². The number of halogens is 1. The normalized spacial score (nSPS) is 21.1. The summed E-state index contributed by atoms with van der Waals surface area (Å²) in [6.07, 6.45) is 1.25. The largest absolute Gasteiger partial charge is 0.338 e. The Balaban J connectivity index is 1.61. The SMILES string of the molecule is Cc1noc2c1C(c1ccccc1)C1=C(CC(c3ccc(Cl)cc3)CC1=O)N2. The van der Waals surface area contributed by atoms with Crippen LogP contribution in [0.15, 0.2) is 70.4 Å². The molecule has 2 unspecified atom stereocenters. The van der Waals surface area contributed by atoms with Crippen LogP contribution in [0.25, 0.3) is 0 Å². The van der Waals surface area contributed by atoms with E-state index in [1.165, 1.54) is 0 Å². The predicted molar refractivity (Wildman–Crippen MR) is 109 cm³/mol. The zero-order valence-electron chi connectivity index (χ0n) is 15.4. The molecule has 0 saturated heterocycles. The third-order valence-corrected chi connectivity index (χ3v) is 5.98. The van der Waals surface area contributed by atoms with Gasteiger partial charge in [0.1, 0.15) is 0 Å². The average molecular weight is 391 g/mol. The van der Waals surface area contributed by atoms with Crippen molar-refractivity contribution >= 4 is 23.3 Å². The van der Waals surface area contributed by atoms with Crippen LogP contribution in [0, 0.1) is 6.92 Å². The summed E-state index contributed by atoms with van der Waals surface area (Å²) in [6, 6.07) is 17.9. The average Bonchev–Trinajstić information content (AvgIpc) is 3.08. The number of aryl methyl sites for hydroxylation is 1. The van der Waals surface area contributed by atoms with Crippen LogP contribution >= 0.6 is 11.6 Å². The van der Waals surface area contributed by atoms with Crippen LogP contribution in [0.1, 0.15) is 47.1 Å². The van der Waals surface area contributed by atoms with Crippen molar-refractivity contribution in [3.63, 3.8) is 0 Å². The Morgan fingerprint density at radius 1 is 1.04 bits per heavy atom. The van der Waals surface area contributed by atoms with Gasteiger partial charge in [-0.05, 0) is 42.5 Å². The molecule has 0 amide bonds. The van der Waals surface area contributed by atoms with Gasteiger partial charge in [-0.2, -0.15) is 0 Å². The van der Waals surface area contributed by atoms with Crippen LogP contribution in [-0.2, 0) is 4.79 Å². The molecule has 2 aliphatic rings. The standard InChI is InChI=1S/C23H19ClN2O2/c1-13-20-21(15-5-3-2-4-6-15)22-18(25-23(20)28-26-13)11-16(12-19(22)27)14-7-9-17(24)10-8-14/h2-10,16,21,25H,11-12H2,1H3. The smallest absolute Gasteiger partial charge is 0.233 e. The van der Waals surface area contributed by atoms with Gasteiger partial charge in [0.2, 0.25) is 5.88 Å².